The molecule has 1 aliphatic heterocycles. The maximum atomic E-state index is 12.7. The lowest BCUT2D eigenvalue weighted by Crippen LogP contribution is -2.40. The number of carboxylic acids is 1. The molecule has 0 saturated carbocycles. The molecule has 186 valence electrons. The van der Waals surface area contributed by atoms with Gasteiger partial charge in [0.25, 0.3) is 5.91 Å². The maximum Gasteiger partial charge on any atom is 0.490 e. The molecule has 13 heteroatoms. The van der Waals surface area contributed by atoms with Gasteiger partial charge < -0.3 is 29.7 Å². The number of rotatable bonds is 6. The van der Waals surface area contributed by atoms with Crippen LogP contribution in [0.1, 0.15) is 0 Å². The summed E-state index contributed by atoms with van der Waals surface area (Å²) in [7, 11) is 0. The number of benzene rings is 2. The van der Waals surface area contributed by atoms with Crippen LogP contribution in [0.3, 0.4) is 0 Å². The molecular weight excluding hydrogens is 475 g/mol. The van der Waals surface area contributed by atoms with Gasteiger partial charge in [-0.1, -0.05) is 18.2 Å². The van der Waals surface area contributed by atoms with Crippen molar-refractivity contribution >= 4 is 17.6 Å². The van der Waals surface area contributed by atoms with Crippen LogP contribution in [0.25, 0.3) is 11.1 Å². The molecule has 4 rings (SSSR count). The third kappa shape index (κ3) is 6.86. The van der Waals surface area contributed by atoms with Crippen LogP contribution in [-0.2, 0) is 9.59 Å². The van der Waals surface area contributed by atoms with E-state index in [1.807, 2.05) is 18.2 Å². The molecule has 1 aliphatic rings. The summed E-state index contributed by atoms with van der Waals surface area (Å²) < 4.78 is 48.7. The lowest BCUT2D eigenvalue weighted by atomic mass is 10.1. The number of nitrogens with zero attached hydrogens (tertiary/aromatic N) is 1. The number of anilines is 1. The Balaban J connectivity index is 0.000000429. The molecule has 0 radical (unpaired) electrons. The summed E-state index contributed by atoms with van der Waals surface area (Å²) in [6.45, 7) is 0.0800. The second kappa shape index (κ2) is 11.2. The van der Waals surface area contributed by atoms with Crippen molar-refractivity contribution in [2.45, 2.75) is 12.3 Å². The monoisotopic (exact) mass is 495 g/mol. The Kier molecular flexibility index (Phi) is 8.15. The molecule has 0 bridgehead atoms. The predicted molar refractivity (Wildman–Crippen MR) is 115 cm³/mol. The van der Waals surface area contributed by atoms with Gasteiger partial charge in [-0.05, 0) is 29.8 Å². The van der Waals surface area contributed by atoms with Crippen LogP contribution in [0, 0.1) is 0 Å². The number of aromatic amines is 1. The minimum atomic E-state index is -5.08. The van der Waals surface area contributed by atoms with E-state index in [-0.39, 0.29) is 25.7 Å². The molecule has 2 heterocycles. The Morgan fingerprint density at radius 1 is 1.17 bits per heavy atom. The maximum absolute atomic E-state index is 12.7. The van der Waals surface area contributed by atoms with Gasteiger partial charge in [0.15, 0.2) is 11.5 Å². The van der Waals surface area contributed by atoms with Gasteiger partial charge in [0.1, 0.15) is 19.0 Å². The fourth-order valence-corrected chi connectivity index (χ4v) is 2.85. The van der Waals surface area contributed by atoms with E-state index in [2.05, 4.69) is 15.5 Å². The standard InChI is InChI=1S/C20H19N3O5.C2HF3O2/c24-7-8-26-18-9-13(14-10-21-22-11-14)5-6-15(18)23-20(25)19-12-27-16-3-1-2-4-17(16)28-19;3-2(4,5)1(6)7/h1-6,9-11,19,24H,7-8,12H2,(H,21,22)(H,23,25);(H,6,7). The first-order chi connectivity index (χ1) is 16.7. The van der Waals surface area contributed by atoms with E-state index in [1.54, 1.807) is 36.7 Å². The molecule has 1 aromatic heterocycles. The fraction of sp³-hybridized carbons (Fsp3) is 0.227. The van der Waals surface area contributed by atoms with Gasteiger partial charge in [0.05, 0.1) is 18.5 Å². The van der Waals surface area contributed by atoms with Gasteiger partial charge in [0.2, 0.25) is 6.10 Å². The van der Waals surface area contributed by atoms with Crippen LogP contribution >= 0.6 is 0 Å². The van der Waals surface area contributed by atoms with Crippen molar-refractivity contribution in [2.24, 2.45) is 0 Å². The third-order valence-electron chi connectivity index (χ3n) is 4.46. The number of nitrogens with one attached hydrogen (secondary N) is 2. The SMILES string of the molecule is O=C(Nc1ccc(-c2cn[nH]c2)cc1OCCO)C1COc2ccccc2O1.O=C(O)C(F)(F)F. The minimum Gasteiger partial charge on any atom is -0.489 e. The summed E-state index contributed by atoms with van der Waals surface area (Å²) in [5.41, 5.74) is 2.23. The van der Waals surface area contributed by atoms with Crippen LogP contribution in [0.5, 0.6) is 17.2 Å². The number of ether oxygens (including phenoxy) is 3. The number of carbonyl (C=O) groups excluding carboxylic acids is 1. The molecule has 2 aromatic carbocycles. The van der Waals surface area contributed by atoms with Crippen molar-refractivity contribution in [1.82, 2.24) is 10.2 Å². The summed E-state index contributed by atoms with van der Waals surface area (Å²) in [5, 5.41) is 25.7. The number of hydrogen-bond donors (Lipinski definition) is 4. The van der Waals surface area contributed by atoms with Crippen molar-refractivity contribution < 1.29 is 47.2 Å². The number of carboxylic acid groups (broad SMARTS) is 1. The summed E-state index contributed by atoms with van der Waals surface area (Å²) >= 11 is 0. The number of fused-ring (bicyclic) bond motifs is 1. The molecule has 3 aromatic rings. The zero-order chi connectivity index (χ0) is 25.4. The number of aromatic nitrogens is 2. The van der Waals surface area contributed by atoms with Crippen LogP contribution in [0.4, 0.5) is 18.9 Å². The van der Waals surface area contributed by atoms with E-state index in [1.165, 1.54) is 0 Å². The smallest absolute Gasteiger partial charge is 0.489 e. The van der Waals surface area contributed by atoms with Crippen molar-refractivity contribution in [3.63, 3.8) is 0 Å². The highest BCUT2D eigenvalue weighted by Gasteiger charge is 2.38. The molecule has 0 spiro atoms. The van der Waals surface area contributed by atoms with Gasteiger partial charge in [-0.2, -0.15) is 18.3 Å². The second-order valence-corrected chi connectivity index (χ2v) is 6.93. The normalized spacial score (nSPS) is 14.3. The Labute approximate surface area is 196 Å². The molecule has 4 N–H and O–H groups in total. The molecule has 1 amide bonds. The van der Waals surface area contributed by atoms with Gasteiger partial charge in [-0.25, -0.2) is 4.79 Å². The molecule has 10 nitrogen and oxygen atoms in total. The number of amides is 1. The quantitative estimate of drug-likeness (QED) is 0.409. The highest BCUT2D eigenvalue weighted by molar-refractivity contribution is 5.96. The lowest BCUT2D eigenvalue weighted by Gasteiger charge is -2.25. The lowest BCUT2D eigenvalue weighted by molar-refractivity contribution is -0.192. The minimum absolute atomic E-state index is 0.105. The number of aliphatic carboxylic acids is 1. The average molecular weight is 495 g/mol. The number of alkyl halides is 3. The van der Waals surface area contributed by atoms with Crippen LogP contribution in [-0.4, -0.2) is 64.4 Å². The molecule has 0 aliphatic carbocycles. The average Bonchev–Trinajstić information content (AvgIpc) is 3.38. The topological polar surface area (TPSA) is 143 Å². The number of H-pyrrole nitrogens is 1. The Bertz CT molecular complexity index is 1150. The fourth-order valence-electron chi connectivity index (χ4n) is 2.85. The summed E-state index contributed by atoms with van der Waals surface area (Å²) in [4.78, 5) is 21.6. The summed E-state index contributed by atoms with van der Waals surface area (Å²) in [6.07, 6.45) is -2.42. The van der Waals surface area contributed by atoms with E-state index >= 15 is 0 Å². The predicted octanol–water partition coefficient (Wildman–Crippen LogP) is 2.86. The Hall–Kier alpha value is -4.26. The number of hydrogen-bond acceptors (Lipinski definition) is 7. The largest absolute Gasteiger partial charge is 0.490 e. The number of carbonyl (C=O) groups is 2. The highest BCUT2D eigenvalue weighted by Crippen LogP contribution is 2.33. The number of aliphatic hydroxyl groups is 1. The van der Waals surface area contributed by atoms with Crippen LogP contribution < -0.4 is 19.5 Å². The van der Waals surface area contributed by atoms with Crippen LogP contribution in [0.2, 0.25) is 0 Å². The van der Waals surface area contributed by atoms with Gasteiger partial charge in [-0.3, -0.25) is 9.89 Å². The molecule has 35 heavy (non-hydrogen) atoms. The Morgan fingerprint density at radius 3 is 2.51 bits per heavy atom. The number of aliphatic hydroxyl groups excluding tert-OH is 1. The van der Waals surface area contributed by atoms with Gasteiger partial charge in [0, 0.05) is 11.8 Å². The first kappa shape index (κ1) is 25.4. The van der Waals surface area contributed by atoms with E-state index in [9.17, 15) is 18.0 Å². The number of para-hydroxylation sites is 2. The van der Waals surface area contributed by atoms with E-state index < -0.39 is 18.2 Å². The highest BCUT2D eigenvalue weighted by atomic mass is 19.4. The van der Waals surface area contributed by atoms with E-state index in [0.717, 1.165) is 11.1 Å². The third-order valence-corrected chi connectivity index (χ3v) is 4.46. The second-order valence-electron chi connectivity index (χ2n) is 6.93. The van der Waals surface area contributed by atoms with E-state index in [4.69, 9.17) is 29.2 Å². The zero-order valence-electron chi connectivity index (χ0n) is 17.9. The van der Waals surface area contributed by atoms with Crippen molar-refractivity contribution in [3.05, 3.63) is 54.9 Å². The van der Waals surface area contributed by atoms with Gasteiger partial charge >= 0.3 is 12.1 Å². The summed E-state index contributed by atoms with van der Waals surface area (Å²) in [5.74, 6) is -1.52. The van der Waals surface area contributed by atoms with Crippen LogP contribution in [0.15, 0.2) is 54.9 Å². The zero-order valence-corrected chi connectivity index (χ0v) is 17.9. The van der Waals surface area contributed by atoms with Gasteiger partial charge in [-0.15, -0.1) is 0 Å². The molecule has 1 atom stereocenters. The van der Waals surface area contributed by atoms with Crippen molar-refractivity contribution in [1.29, 1.82) is 0 Å². The molecular formula is C22H20F3N3O7. The summed E-state index contributed by atoms with van der Waals surface area (Å²) in [6, 6.07) is 12.6. The van der Waals surface area contributed by atoms with E-state index in [0.29, 0.717) is 22.9 Å². The molecule has 0 saturated heterocycles. The van der Waals surface area contributed by atoms with Crippen molar-refractivity contribution in [3.8, 4) is 28.4 Å². The Morgan fingerprint density at radius 2 is 1.89 bits per heavy atom. The first-order valence-electron chi connectivity index (χ1n) is 10.1. The first-order valence-corrected chi connectivity index (χ1v) is 10.1. The number of halogens is 3. The molecule has 0 fully saturated rings. The molecule has 1 unspecified atom stereocenters. The van der Waals surface area contributed by atoms with Crippen molar-refractivity contribution in [2.75, 3.05) is 25.1 Å².